The molecule has 0 spiro atoms. The van der Waals surface area contributed by atoms with E-state index < -0.39 is 0 Å². The van der Waals surface area contributed by atoms with Gasteiger partial charge in [-0.05, 0) is 43.9 Å². The molecule has 2 aliphatic rings. The smallest absolute Gasteiger partial charge is 0.233 e. The Labute approximate surface area is 179 Å². The van der Waals surface area contributed by atoms with Gasteiger partial charge in [0.25, 0.3) is 0 Å². The van der Waals surface area contributed by atoms with Crippen molar-refractivity contribution < 1.29 is 9.53 Å². The molecule has 1 aromatic carbocycles. The Morgan fingerprint density at radius 2 is 2.03 bits per heavy atom. The second-order valence-corrected chi connectivity index (χ2v) is 8.89. The fourth-order valence-electron chi connectivity index (χ4n) is 4.27. The number of amides is 1. The zero-order valence-electron chi connectivity index (χ0n) is 16.8. The molecule has 0 saturated carbocycles. The van der Waals surface area contributed by atoms with E-state index in [9.17, 15) is 4.79 Å². The van der Waals surface area contributed by atoms with Crippen LogP contribution in [0.4, 0.5) is 11.1 Å². The molecule has 0 aliphatic carbocycles. The minimum atomic E-state index is -0.101. The third-order valence-electron chi connectivity index (χ3n) is 5.80. The summed E-state index contributed by atoms with van der Waals surface area (Å²) >= 11 is 1.58. The van der Waals surface area contributed by atoms with E-state index in [0.717, 1.165) is 54.2 Å². The topological polar surface area (TPSA) is 71.5 Å². The Kier molecular flexibility index (Phi) is 5.59. The molecule has 2 aromatic heterocycles. The summed E-state index contributed by atoms with van der Waals surface area (Å²) in [6.45, 7) is 2.85. The van der Waals surface area contributed by atoms with Crippen LogP contribution in [0.5, 0.6) is 0 Å². The summed E-state index contributed by atoms with van der Waals surface area (Å²) in [6.07, 6.45) is 7.44. The van der Waals surface area contributed by atoms with Gasteiger partial charge >= 0.3 is 0 Å². The summed E-state index contributed by atoms with van der Waals surface area (Å²) in [5.74, 6) is 0.724. The molecule has 1 amide bonds. The summed E-state index contributed by atoms with van der Waals surface area (Å²) in [7, 11) is 0. The van der Waals surface area contributed by atoms with Gasteiger partial charge in [0.05, 0.1) is 28.8 Å². The van der Waals surface area contributed by atoms with Crippen LogP contribution in [0.1, 0.15) is 25.7 Å². The predicted molar refractivity (Wildman–Crippen MR) is 118 cm³/mol. The highest BCUT2D eigenvalue weighted by Gasteiger charge is 2.34. The summed E-state index contributed by atoms with van der Waals surface area (Å²) in [5.41, 5.74) is 0.936. The highest BCUT2D eigenvalue weighted by molar-refractivity contribution is 7.22. The van der Waals surface area contributed by atoms with Crippen molar-refractivity contribution >= 4 is 38.5 Å². The first-order valence-corrected chi connectivity index (χ1v) is 11.4. The molecular formula is C22H25N5O2S. The van der Waals surface area contributed by atoms with Crippen LogP contribution in [-0.2, 0) is 9.53 Å². The molecule has 2 atom stereocenters. The second-order valence-electron chi connectivity index (χ2n) is 7.88. The molecule has 30 heavy (non-hydrogen) atoms. The number of fused-ring (bicyclic) bond motifs is 1. The van der Waals surface area contributed by atoms with Crippen molar-refractivity contribution in [1.29, 1.82) is 0 Å². The number of hydrogen-bond acceptors (Lipinski definition) is 7. The SMILES string of the molecule is O=C([C@@H]1CCCN(c2ncccn2)C1)N(C[C@H]1CCCO1)c1nc2ccccc2s1. The molecule has 3 aromatic rings. The zero-order chi connectivity index (χ0) is 20.3. The molecule has 4 heterocycles. The number of aromatic nitrogens is 3. The third-order valence-corrected chi connectivity index (χ3v) is 6.85. The first-order chi connectivity index (χ1) is 14.8. The van der Waals surface area contributed by atoms with Gasteiger partial charge in [0, 0.05) is 32.1 Å². The minimum Gasteiger partial charge on any atom is -0.376 e. The average Bonchev–Trinajstić information content (AvgIpc) is 3.47. The van der Waals surface area contributed by atoms with Gasteiger partial charge in [-0.15, -0.1) is 0 Å². The van der Waals surface area contributed by atoms with E-state index in [-0.39, 0.29) is 17.9 Å². The fraction of sp³-hybridized carbons (Fsp3) is 0.455. The van der Waals surface area contributed by atoms with E-state index in [1.807, 2.05) is 29.2 Å². The molecule has 7 nitrogen and oxygen atoms in total. The van der Waals surface area contributed by atoms with Crippen LogP contribution in [0.15, 0.2) is 42.7 Å². The maximum absolute atomic E-state index is 13.7. The van der Waals surface area contributed by atoms with Crippen LogP contribution >= 0.6 is 11.3 Å². The van der Waals surface area contributed by atoms with E-state index in [2.05, 4.69) is 20.9 Å². The molecule has 8 heteroatoms. The van der Waals surface area contributed by atoms with Crippen molar-refractivity contribution in [1.82, 2.24) is 15.0 Å². The van der Waals surface area contributed by atoms with Gasteiger partial charge in [-0.25, -0.2) is 15.0 Å². The lowest BCUT2D eigenvalue weighted by molar-refractivity contribution is -0.123. The minimum absolute atomic E-state index is 0.0816. The van der Waals surface area contributed by atoms with Crippen LogP contribution in [0.25, 0.3) is 10.2 Å². The molecule has 156 valence electrons. The number of ether oxygens (including phenoxy) is 1. The van der Waals surface area contributed by atoms with Gasteiger partial charge in [-0.1, -0.05) is 23.5 Å². The highest BCUT2D eigenvalue weighted by Crippen LogP contribution is 2.32. The first kappa shape index (κ1) is 19.4. The van der Waals surface area contributed by atoms with E-state index in [1.165, 1.54) is 0 Å². The maximum atomic E-state index is 13.7. The van der Waals surface area contributed by atoms with Gasteiger partial charge in [0.1, 0.15) is 0 Å². The monoisotopic (exact) mass is 423 g/mol. The van der Waals surface area contributed by atoms with Gasteiger partial charge in [0.15, 0.2) is 5.13 Å². The standard InChI is InChI=1S/C22H25N5O2S/c28-20(16-6-3-12-26(14-16)21-23-10-5-11-24-21)27(15-17-7-4-13-29-17)22-25-18-8-1-2-9-19(18)30-22/h1-2,5,8-11,16-17H,3-4,6-7,12-15H2/t16-,17-/m1/s1. The van der Waals surface area contributed by atoms with Gasteiger partial charge in [-0.2, -0.15) is 0 Å². The lowest BCUT2D eigenvalue weighted by Crippen LogP contribution is -2.47. The average molecular weight is 424 g/mol. The quantitative estimate of drug-likeness (QED) is 0.625. The van der Waals surface area contributed by atoms with Crippen LogP contribution in [-0.4, -0.2) is 53.2 Å². The Bertz CT molecular complexity index is 972. The molecule has 5 rings (SSSR count). The number of piperidine rings is 1. The summed E-state index contributed by atoms with van der Waals surface area (Å²) in [6, 6.07) is 9.86. The van der Waals surface area contributed by atoms with Crippen LogP contribution in [0.3, 0.4) is 0 Å². The van der Waals surface area contributed by atoms with Crippen molar-refractivity contribution in [2.75, 3.05) is 36.0 Å². The Balaban J connectivity index is 1.40. The van der Waals surface area contributed by atoms with E-state index in [4.69, 9.17) is 9.72 Å². The Hall–Kier alpha value is -2.58. The van der Waals surface area contributed by atoms with E-state index in [1.54, 1.807) is 23.7 Å². The van der Waals surface area contributed by atoms with Crippen molar-refractivity contribution in [2.24, 2.45) is 5.92 Å². The second kappa shape index (κ2) is 8.65. The molecular weight excluding hydrogens is 398 g/mol. The van der Waals surface area contributed by atoms with Crippen LogP contribution in [0.2, 0.25) is 0 Å². The lowest BCUT2D eigenvalue weighted by Gasteiger charge is -2.34. The molecule has 2 saturated heterocycles. The van der Waals surface area contributed by atoms with Crippen molar-refractivity contribution in [3.63, 3.8) is 0 Å². The third kappa shape index (κ3) is 4.02. The number of thiazole rings is 1. The molecule has 0 radical (unpaired) electrons. The highest BCUT2D eigenvalue weighted by atomic mass is 32.1. The molecule has 2 aliphatic heterocycles. The van der Waals surface area contributed by atoms with E-state index >= 15 is 0 Å². The lowest BCUT2D eigenvalue weighted by atomic mass is 9.96. The van der Waals surface area contributed by atoms with Gasteiger partial charge < -0.3 is 9.64 Å². The molecule has 0 unspecified atom stereocenters. The summed E-state index contributed by atoms with van der Waals surface area (Å²) in [5, 5.41) is 0.768. The summed E-state index contributed by atoms with van der Waals surface area (Å²) in [4.78, 5) is 31.2. The molecule has 2 fully saturated rings. The fourth-order valence-corrected chi connectivity index (χ4v) is 5.25. The predicted octanol–water partition coefficient (Wildman–Crippen LogP) is 3.51. The number of para-hydroxylation sites is 1. The Morgan fingerprint density at radius 1 is 1.17 bits per heavy atom. The van der Waals surface area contributed by atoms with Crippen LogP contribution < -0.4 is 9.80 Å². The van der Waals surface area contributed by atoms with Gasteiger partial charge in [-0.3, -0.25) is 9.69 Å². The Morgan fingerprint density at radius 3 is 2.83 bits per heavy atom. The van der Waals surface area contributed by atoms with Crippen molar-refractivity contribution in [3.8, 4) is 0 Å². The number of hydrogen-bond donors (Lipinski definition) is 0. The number of carbonyl (C=O) groups is 1. The first-order valence-electron chi connectivity index (χ1n) is 10.6. The summed E-state index contributed by atoms with van der Waals surface area (Å²) < 4.78 is 6.96. The van der Waals surface area contributed by atoms with E-state index in [0.29, 0.717) is 19.0 Å². The number of carbonyl (C=O) groups excluding carboxylic acids is 1. The van der Waals surface area contributed by atoms with Crippen LogP contribution in [0, 0.1) is 5.92 Å². The number of rotatable bonds is 5. The number of nitrogens with zero attached hydrogens (tertiary/aromatic N) is 5. The number of anilines is 2. The van der Waals surface area contributed by atoms with Crippen molar-refractivity contribution in [3.05, 3.63) is 42.7 Å². The maximum Gasteiger partial charge on any atom is 0.233 e. The number of benzene rings is 1. The normalized spacial score (nSPS) is 21.8. The van der Waals surface area contributed by atoms with Gasteiger partial charge in [0.2, 0.25) is 11.9 Å². The zero-order valence-corrected chi connectivity index (χ0v) is 17.6. The molecule has 0 N–H and O–H groups in total. The van der Waals surface area contributed by atoms with Crippen molar-refractivity contribution in [2.45, 2.75) is 31.8 Å². The molecule has 0 bridgehead atoms. The largest absolute Gasteiger partial charge is 0.376 e.